The van der Waals surface area contributed by atoms with Crippen molar-refractivity contribution in [2.75, 3.05) is 19.7 Å². The Kier molecular flexibility index (Phi) is 4.37. The first-order chi connectivity index (χ1) is 14.6. The zero-order valence-electron chi connectivity index (χ0n) is 16.3. The van der Waals surface area contributed by atoms with Gasteiger partial charge in [-0.15, -0.1) is 0 Å². The minimum Gasteiger partial charge on any atom is -0.395 e. The molecule has 0 unspecified atom stereocenters. The summed E-state index contributed by atoms with van der Waals surface area (Å²) in [5, 5.41) is 22.8. The van der Waals surface area contributed by atoms with Gasteiger partial charge in [0.1, 0.15) is 0 Å². The van der Waals surface area contributed by atoms with E-state index < -0.39 is 0 Å². The molecule has 0 bridgehead atoms. The summed E-state index contributed by atoms with van der Waals surface area (Å²) in [7, 11) is 0. The highest BCUT2D eigenvalue weighted by atomic mass is 16.5. The summed E-state index contributed by atoms with van der Waals surface area (Å²) >= 11 is 0. The molecule has 1 amide bonds. The van der Waals surface area contributed by atoms with Gasteiger partial charge in [-0.25, -0.2) is 0 Å². The van der Waals surface area contributed by atoms with E-state index in [0.29, 0.717) is 42.4 Å². The lowest BCUT2D eigenvalue weighted by Gasteiger charge is -2.24. The molecule has 7 nitrogen and oxygen atoms in total. The van der Waals surface area contributed by atoms with Gasteiger partial charge < -0.3 is 14.5 Å². The molecule has 1 aliphatic carbocycles. The van der Waals surface area contributed by atoms with E-state index in [-0.39, 0.29) is 17.9 Å². The van der Waals surface area contributed by atoms with Gasteiger partial charge in [-0.1, -0.05) is 35.5 Å². The van der Waals surface area contributed by atoms with Crippen LogP contribution in [0.4, 0.5) is 0 Å². The molecule has 30 heavy (non-hydrogen) atoms. The fourth-order valence-corrected chi connectivity index (χ4v) is 4.85. The van der Waals surface area contributed by atoms with Crippen molar-refractivity contribution in [1.29, 1.82) is 5.26 Å². The molecular weight excluding hydrogens is 380 g/mol. The molecule has 1 fully saturated rings. The van der Waals surface area contributed by atoms with E-state index in [1.54, 1.807) is 23.1 Å². The summed E-state index contributed by atoms with van der Waals surface area (Å²) in [5.74, 6) is 0.901. The predicted molar refractivity (Wildman–Crippen MR) is 108 cm³/mol. The number of nitriles is 1. The molecule has 2 aliphatic rings. The second-order valence-corrected chi connectivity index (χ2v) is 7.91. The number of carbonyl (C=O) groups excluding carboxylic acids is 1. The molecule has 0 radical (unpaired) electrons. The Bertz CT molecular complexity index is 1180. The second-order valence-electron chi connectivity index (χ2n) is 7.91. The molecule has 5 rings (SSSR count). The number of aliphatic hydroxyl groups is 1. The Labute approximate surface area is 173 Å². The van der Waals surface area contributed by atoms with Crippen LogP contribution in [-0.2, 0) is 16.6 Å². The summed E-state index contributed by atoms with van der Waals surface area (Å²) in [5.41, 5.74) is 4.11. The minimum atomic E-state index is -0.211. The van der Waals surface area contributed by atoms with Crippen LogP contribution in [0, 0.1) is 11.3 Å². The van der Waals surface area contributed by atoms with Gasteiger partial charge in [0.05, 0.1) is 23.8 Å². The monoisotopic (exact) mass is 400 g/mol. The van der Waals surface area contributed by atoms with Crippen LogP contribution in [0.2, 0.25) is 0 Å². The topological polar surface area (TPSA) is 103 Å². The van der Waals surface area contributed by atoms with Crippen LogP contribution < -0.4 is 0 Å². The SMILES string of the molecule is N#Cc1ccccc1-c1nc(-c2cccc3c2CC[C@]32CC(=O)N(CCO)C2)no1. The van der Waals surface area contributed by atoms with Gasteiger partial charge in [-0.05, 0) is 36.1 Å². The smallest absolute Gasteiger partial charge is 0.259 e. The molecule has 150 valence electrons. The van der Waals surface area contributed by atoms with Crippen LogP contribution in [-0.4, -0.2) is 45.8 Å². The zero-order valence-corrected chi connectivity index (χ0v) is 16.3. The maximum atomic E-state index is 12.5. The molecule has 1 aromatic heterocycles. The van der Waals surface area contributed by atoms with E-state index in [4.69, 9.17) is 4.52 Å². The number of hydrogen-bond donors (Lipinski definition) is 1. The zero-order chi connectivity index (χ0) is 20.7. The number of likely N-dealkylation sites (tertiary alicyclic amines) is 1. The van der Waals surface area contributed by atoms with Crippen molar-refractivity contribution >= 4 is 5.91 Å². The average molecular weight is 400 g/mol. The Morgan fingerprint density at radius 2 is 2.03 bits per heavy atom. The predicted octanol–water partition coefficient (Wildman–Crippen LogP) is 2.68. The number of nitrogens with zero attached hydrogens (tertiary/aromatic N) is 4. The van der Waals surface area contributed by atoms with Crippen LogP contribution in [0.15, 0.2) is 47.0 Å². The summed E-state index contributed by atoms with van der Waals surface area (Å²) in [4.78, 5) is 18.8. The fourth-order valence-electron chi connectivity index (χ4n) is 4.85. The highest BCUT2D eigenvalue weighted by Crippen LogP contribution is 2.48. The van der Waals surface area contributed by atoms with Gasteiger partial charge in [0.2, 0.25) is 11.7 Å². The van der Waals surface area contributed by atoms with Gasteiger partial charge in [0.25, 0.3) is 5.89 Å². The molecule has 0 saturated carbocycles. The minimum absolute atomic E-state index is 0.0233. The maximum absolute atomic E-state index is 12.5. The Hall–Kier alpha value is -3.50. The van der Waals surface area contributed by atoms with Crippen molar-refractivity contribution in [1.82, 2.24) is 15.0 Å². The lowest BCUT2D eigenvalue weighted by Crippen LogP contribution is -2.32. The van der Waals surface area contributed by atoms with Crippen molar-refractivity contribution in [2.24, 2.45) is 0 Å². The van der Waals surface area contributed by atoms with E-state index in [2.05, 4.69) is 22.3 Å². The number of rotatable bonds is 4. The summed E-state index contributed by atoms with van der Waals surface area (Å²) in [6, 6.07) is 15.3. The number of hydrogen-bond acceptors (Lipinski definition) is 6. The largest absolute Gasteiger partial charge is 0.395 e. The lowest BCUT2D eigenvalue weighted by molar-refractivity contribution is -0.128. The first-order valence-corrected chi connectivity index (χ1v) is 10.00. The van der Waals surface area contributed by atoms with Crippen molar-refractivity contribution < 1.29 is 14.4 Å². The van der Waals surface area contributed by atoms with E-state index in [1.165, 1.54) is 0 Å². The number of carbonyl (C=O) groups is 1. The molecular formula is C23H20N4O3. The Morgan fingerprint density at radius 3 is 2.87 bits per heavy atom. The third-order valence-corrected chi connectivity index (χ3v) is 6.25. The quantitative estimate of drug-likeness (QED) is 0.722. The highest BCUT2D eigenvalue weighted by molar-refractivity contribution is 5.82. The molecule has 1 saturated heterocycles. The molecule has 3 aromatic rings. The number of aromatic nitrogens is 2. The van der Waals surface area contributed by atoms with E-state index in [1.807, 2.05) is 18.2 Å². The van der Waals surface area contributed by atoms with Gasteiger partial charge in [0.15, 0.2) is 0 Å². The number of benzene rings is 2. The van der Waals surface area contributed by atoms with Gasteiger partial charge in [0, 0.05) is 30.5 Å². The fraction of sp³-hybridized carbons (Fsp3) is 0.304. The van der Waals surface area contributed by atoms with Gasteiger partial charge in [-0.3, -0.25) is 4.79 Å². The molecule has 1 spiro atoms. The van der Waals surface area contributed by atoms with Crippen LogP contribution >= 0.6 is 0 Å². The van der Waals surface area contributed by atoms with Gasteiger partial charge in [-0.2, -0.15) is 10.2 Å². The van der Waals surface area contributed by atoms with Gasteiger partial charge >= 0.3 is 0 Å². The summed E-state index contributed by atoms with van der Waals surface area (Å²) in [6.45, 7) is 0.989. The second kappa shape index (κ2) is 7.08. The molecule has 2 heterocycles. The highest BCUT2D eigenvalue weighted by Gasteiger charge is 2.48. The van der Waals surface area contributed by atoms with E-state index in [9.17, 15) is 15.2 Å². The third-order valence-electron chi connectivity index (χ3n) is 6.25. The molecule has 7 heteroatoms. The van der Waals surface area contributed by atoms with Crippen LogP contribution in [0.5, 0.6) is 0 Å². The average Bonchev–Trinajstić information content (AvgIpc) is 3.47. The van der Waals surface area contributed by atoms with Crippen LogP contribution in [0.3, 0.4) is 0 Å². The molecule has 2 aromatic carbocycles. The van der Waals surface area contributed by atoms with Crippen LogP contribution in [0.1, 0.15) is 29.5 Å². The van der Waals surface area contributed by atoms with E-state index in [0.717, 1.165) is 29.5 Å². The standard InChI is InChI=1S/C23H20N4O3/c24-13-15-4-1-2-5-16(15)22-25-21(26-30-22)18-6-3-7-19-17(18)8-9-23(19)12-20(29)27(14-23)10-11-28/h1-7,28H,8-12,14H2/t23-/m1/s1. The first-order valence-electron chi connectivity index (χ1n) is 10.00. The normalized spacial score (nSPS) is 20.0. The van der Waals surface area contributed by atoms with Crippen molar-refractivity contribution in [3.63, 3.8) is 0 Å². The maximum Gasteiger partial charge on any atom is 0.259 e. The molecule has 1 aliphatic heterocycles. The Morgan fingerprint density at radius 1 is 1.20 bits per heavy atom. The number of fused-ring (bicyclic) bond motifs is 2. The summed E-state index contributed by atoms with van der Waals surface area (Å²) in [6.07, 6.45) is 2.19. The number of amides is 1. The lowest BCUT2D eigenvalue weighted by atomic mass is 9.80. The number of aliphatic hydroxyl groups excluding tert-OH is 1. The molecule has 1 N–H and O–H groups in total. The number of β-amino-alcohol motifs (C(OH)–C–C–N with tert-alkyl or cyclic N) is 1. The third kappa shape index (κ3) is 2.80. The van der Waals surface area contributed by atoms with Crippen molar-refractivity contribution in [3.05, 3.63) is 59.2 Å². The van der Waals surface area contributed by atoms with Crippen molar-refractivity contribution in [2.45, 2.75) is 24.7 Å². The van der Waals surface area contributed by atoms with Crippen LogP contribution in [0.25, 0.3) is 22.8 Å². The molecule has 1 atom stereocenters. The summed E-state index contributed by atoms with van der Waals surface area (Å²) < 4.78 is 5.49. The Balaban J connectivity index is 1.52. The van der Waals surface area contributed by atoms with Crippen molar-refractivity contribution in [3.8, 4) is 28.9 Å². The van der Waals surface area contributed by atoms with E-state index >= 15 is 0 Å². The first kappa shape index (κ1) is 18.5.